The third-order valence-electron chi connectivity index (χ3n) is 5.73. The Morgan fingerprint density at radius 3 is 2.48 bits per heavy atom. The maximum Gasteiger partial charge on any atom is 0.327 e. The second-order valence-corrected chi connectivity index (χ2v) is 7.97. The van der Waals surface area contributed by atoms with Crippen LogP contribution in [-0.2, 0) is 11.2 Å². The number of aromatic nitrogens is 2. The molecule has 3 aromatic rings. The number of amides is 1. The molecule has 31 heavy (non-hydrogen) atoms. The predicted molar refractivity (Wildman–Crippen MR) is 122 cm³/mol. The van der Waals surface area contributed by atoms with Crippen molar-refractivity contribution in [3.63, 3.8) is 0 Å². The van der Waals surface area contributed by atoms with Gasteiger partial charge < -0.3 is 10.2 Å². The van der Waals surface area contributed by atoms with Gasteiger partial charge in [-0.1, -0.05) is 42.5 Å². The van der Waals surface area contributed by atoms with Gasteiger partial charge in [-0.3, -0.25) is 19.6 Å². The summed E-state index contributed by atoms with van der Waals surface area (Å²) in [6.07, 6.45) is 2.24. The number of anilines is 2. The zero-order valence-electron chi connectivity index (χ0n) is 17.5. The molecule has 0 spiro atoms. The topological polar surface area (TPSA) is 98.1 Å². The quantitative estimate of drug-likeness (QED) is 0.593. The molecule has 0 unspecified atom stereocenters. The van der Waals surface area contributed by atoms with Crippen molar-refractivity contribution in [1.82, 2.24) is 9.97 Å². The maximum absolute atomic E-state index is 12.6. The third kappa shape index (κ3) is 4.94. The minimum atomic E-state index is -0.484. The Kier molecular flexibility index (Phi) is 6.02. The number of nitrogens with one attached hydrogen (secondary N) is 3. The second-order valence-electron chi connectivity index (χ2n) is 7.97. The summed E-state index contributed by atoms with van der Waals surface area (Å²) in [5.74, 6) is 0.885. The van der Waals surface area contributed by atoms with E-state index >= 15 is 0 Å². The van der Waals surface area contributed by atoms with E-state index < -0.39 is 5.69 Å². The zero-order valence-corrected chi connectivity index (χ0v) is 17.5. The van der Waals surface area contributed by atoms with Gasteiger partial charge in [0.15, 0.2) is 0 Å². The first-order valence-electron chi connectivity index (χ1n) is 10.5. The number of H-pyrrole nitrogens is 2. The van der Waals surface area contributed by atoms with E-state index in [1.165, 1.54) is 12.5 Å². The summed E-state index contributed by atoms with van der Waals surface area (Å²) in [7, 11) is 0. The highest BCUT2D eigenvalue weighted by atomic mass is 16.2. The van der Waals surface area contributed by atoms with Crippen molar-refractivity contribution in [1.29, 1.82) is 0 Å². The Hall–Kier alpha value is -3.61. The van der Waals surface area contributed by atoms with Crippen molar-refractivity contribution in [2.75, 3.05) is 23.3 Å². The van der Waals surface area contributed by atoms with Crippen LogP contribution in [0.25, 0.3) is 0 Å². The summed E-state index contributed by atoms with van der Waals surface area (Å²) in [6, 6.07) is 17.7. The van der Waals surface area contributed by atoms with E-state index in [0.717, 1.165) is 37.2 Å². The number of hydrogen-bond donors (Lipinski definition) is 3. The normalized spacial score (nSPS) is 14.4. The van der Waals surface area contributed by atoms with E-state index in [-0.39, 0.29) is 11.5 Å². The van der Waals surface area contributed by atoms with Gasteiger partial charge in [0.05, 0.1) is 5.56 Å². The van der Waals surface area contributed by atoms with Gasteiger partial charge in [-0.05, 0) is 42.0 Å². The molecule has 7 heteroatoms. The SMILES string of the molecule is CC(=O)Nc1cccc(C2CCN(c3[nH]c(=O)[nH]c(=O)c3Cc3ccccc3)CC2)c1. The van der Waals surface area contributed by atoms with Crippen molar-refractivity contribution in [2.45, 2.75) is 32.1 Å². The molecule has 3 N–H and O–H groups in total. The molecule has 2 aromatic carbocycles. The molecule has 1 aliphatic heterocycles. The number of rotatable bonds is 5. The van der Waals surface area contributed by atoms with Crippen molar-refractivity contribution < 1.29 is 4.79 Å². The van der Waals surface area contributed by atoms with Crippen LogP contribution in [0, 0.1) is 0 Å². The minimum Gasteiger partial charge on any atom is -0.358 e. The molecule has 0 bridgehead atoms. The molecule has 1 fully saturated rings. The fourth-order valence-corrected chi connectivity index (χ4v) is 4.24. The van der Waals surface area contributed by atoms with Gasteiger partial charge in [-0.2, -0.15) is 0 Å². The number of hydrogen-bond acceptors (Lipinski definition) is 4. The zero-order chi connectivity index (χ0) is 21.8. The number of carbonyl (C=O) groups excluding carboxylic acids is 1. The van der Waals surface area contributed by atoms with E-state index in [2.05, 4.69) is 26.3 Å². The van der Waals surface area contributed by atoms with Crippen LogP contribution in [0.1, 0.15) is 42.4 Å². The van der Waals surface area contributed by atoms with Gasteiger partial charge in [0.1, 0.15) is 5.82 Å². The van der Waals surface area contributed by atoms with E-state index in [0.29, 0.717) is 23.7 Å². The van der Waals surface area contributed by atoms with Gasteiger partial charge in [0.2, 0.25) is 5.91 Å². The van der Waals surface area contributed by atoms with Crippen LogP contribution in [0.2, 0.25) is 0 Å². The number of benzene rings is 2. The molecule has 1 saturated heterocycles. The minimum absolute atomic E-state index is 0.0869. The molecule has 1 aromatic heterocycles. The molecule has 1 amide bonds. The summed E-state index contributed by atoms with van der Waals surface area (Å²) < 4.78 is 0. The molecule has 160 valence electrons. The predicted octanol–water partition coefficient (Wildman–Crippen LogP) is 3.00. The molecule has 1 aliphatic rings. The number of piperidine rings is 1. The fourth-order valence-electron chi connectivity index (χ4n) is 4.24. The molecule has 0 aliphatic carbocycles. The molecule has 0 radical (unpaired) electrons. The van der Waals surface area contributed by atoms with Gasteiger partial charge in [-0.15, -0.1) is 0 Å². The summed E-state index contributed by atoms with van der Waals surface area (Å²) in [5, 5.41) is 2.83. The van der Waals surface area contributed by atoms with Gasteiger partial charge in [0, 0.05) is 32.1 Å². The van der Waals surface area contributed by atoms with Crippen LogP contribution in [0.5, 0.6) is 0 Å². The van der Waals surface area contributed by atoms with E-state index in [9.17, 15) is 14.4 Å². The molecule has 0 saturated carbocycles. The van der Waals surface area contributed by atoms with Crippen molar-refractivity contribution in [3.05, 3.63) is 92.1 Å². The highest BCUT2D eigenvalue weighted by Crippen LogP contribution is 2.31. The summed E-state index contributed by atoms with van der Waals surface area (Å²) in [4.78, 5) is 43.3. The van der Waals surface area contributed by atoms with Crippen LogP contribution >= 0.6 is 0 Å². The Morgan fingerprint density at radius 2 is 1.77 bits per heavy atom. The molecule has 7 nitrogen and oxygen atoms in total. The lowest BCUT2D eigenvalue weighted by Crippen LogP contribution is -2.38. The van der Waals surface area contributed by atoms with Gasteiger partial charge in [0.25, 0.3) is 5.56 Å². The molecule has 4 rings (SSSR count). The van der Waals surface area contributed by atoms with Crippen LogP contribution < -0.4 is 21.5 Å². The van der Waals surface area contributed by atoms with Gasteiger partial charge >= 0.3 is 5.69 Å². The van der Waals surface area contributed by atoms with E-state index in [1.54, 1.807) is 0 Å². The first-order valence-corrected chi connectivity index (χ1v) is 10.5. The Morgan fingerprint density at radius 1 is 1.03 bits per heavy atom. The standard InChI is InChI=1S/C24H26N4O3/c1-16(29)25-20-9-5-8-19(15-20)18-10-12-28(13-11-18)22-21(23(30)27-24(31)26-22)14-17-6-3-2-4-7-17/h2-9,15,18H,10-14H2,1H3,(H,25,29)(H2,26,27,30,31). The maximum atomic E-state index is 12.6. The number of aromatic amines is 2. The van der Waals surface area contributed by atoms with Crippen LogP contribution in [0.4, 0.5) is 11.5 Å². The summed E-state index contributed by atoms with van der Waals surface area (Å²) in [5.41, 5.74) is 2.77. The largest absolute Gasteiger partial charge is 0.358 e. The average molecular weight is 418 g/mol. The summed E-state index contributed by atoms with van der Waals surface area (Å²) in [6.45, 7) is 2.97. The lowest BCUT2D eigenvalue weighted by molar-refractivity contribution is -0.114. The smallest absolute Gasteiger partial charge is 0.327 e. The monoisotopic (exact) mass is 418 g/mol. The summed E-state index contributed by atoms with van der Waals surface area (Å²) >= 11 is 0. The fraction of sp³-hybridized carbons (Fsp3) is 0.292. The molecular weight excluding hydrogens is 392 g/mol. The highest BCUT2D eigenvalue weighted by molar-refractivity contribution is 5.88. The highest BCUT2D eigenvalue weighted by Gasteiger charge is 2.24. The van der Waals surface area contributed by atoms with Crippen LogP contribution in [-0.4, -0.2) is 29.0 Å². The number of nitrogens with zero attached hydrogens (tertiary/aromatic N) is 1. The van der Waals surface area contributed by atoms with Crippen molar-refractivity contribution >= 4 is 17.4 Å². The first kappa shape index (κ1) is 20.7. The van der Waals surface area contributed by atoms with Crippen molar-refractivity contribution in [3.8, 4) is 0 Å². The molecule has 2 heterocycles. The van der Waals surface area contributed by atoms with Crippen LogP contribution in [0.15, 0.2) is 64.2 Å². The third-order valence-corrected chi connectivity index (χ3v) is 5.73. The molecule has 0 atom stereocenters. The van der Waals surface area contributed by atoms with Crippen molar-refractivity contribution in [2.24, 2.45) is 0 Å². The average Bonchev–Trinajstić information content (AvgIpc) is 2.76. The lowest BCUT2D eigenvalue weighted by atomic mass is 9.89. The second kappa shape index (κ2) is 9.04. The first-order chi connectivity index (χ1) is 15.0. The Balaban J connectivity index is 1.53. The van der Waals surface area contributed by atoms with Gasteiger partial charge in [-0.25, -0.2) is 4.79 Å². The van der Waals surface area contributed by atoms with E-state index in [1.807, 2.05) is 48.5 Å². The number of carbonyl (C=O) groups is 1. The Bertz CT molecular complexity index is 1180. The Labute approximate surface area is 180 Å². The van der Waals surface area contributed by atoms with Crippen LogP contribution in [0.3, 0.4) is 0 Å². The lowest BCUT2D eigenvalue weighted by Gasteiger charge is -2.34. The molecular formula is C24H26N4O3. The van der Waals surface area contributed by atoms with E-state index in [4.69, 9.17) is 0 Å².